The SMILES string of the molecule is O=C(CCCOCc1cccc(Br)c1)c1ccc(Br)cc1. The quantitative estimate of drug-likeness (QED) is 0.450. The number of hydrogen-bond acceptors (Lipinski definition) is 2. The molecule has 0 aliphatic carbocycles. The molecule has 0 aliphatic heterocycles. The normalized spacial score (nSPS) is 10.6. The van der Waals surface area contributed by atoms with Gasteiger partial charge in [0, 0.05) is 27.5 Å². The van der Waals surface area contributed by atoms with Crippen LogP contribution >= 0.6 is 31.9 Å². The monoisotopic (exact) mass is 410 g/mol. The molecule has 0 aliphatic rings. The molecule has 0 heterocycles. The molecule has 2 rings (SSSR count). The Morgan fingerprint density at radius 3 is 2.48 bits per heavy atom. The predicted octanol–water partition coefficient (Wildman–Crippen LogP) is 5.39. The second-order valence-electron chi connectivity index (χ2n) is 4.72. The van der Waals surface area contributed by atoms with Crippen LogP contribution in [-0.2, 0) is 11.3 Å². The second kappa shape index (κ2) is 8.47. The van der Waals surface area contributed by atoms with Crippen LogP contribution < -0.4 is 0 Å². The molecule has 110 valence electrons. The summed E-state index contributed by atoms with van der Waals surface area (Å²) in [5.41, 5.74) is 1.88. The Morgan fingerprint density at radius 2 is 1.76 bits per heavy atom. The van der Waals surface area contributed by atoms with Crippen LogP contribution in [0.15, 0.2) is 57.5 Å². The molecule has 0 N–H and O–H groups in total. The maximum atomic E-state index is 12.0. The highest BCUT2D eigenvalue weighted by atomic mass is 79.9. The molecule has 0 fully saturated rings. The maximum absolute atomic E-state index is 12.0. The van der Waals surface area contributed by atoms with Gasteiger partial charge in [0.2, 0.25) is 0 Å². The summed E-state index contributed by atoms with van der Waals surface area (Å²) >= 11 is 6.79. The van der Waals surface area contributed by atoms with Crippen molar-refractivity contribution in [2.24, 2.45) is 0 Å². The molecule has 0 atom stereocenters. The number of ether oxygens (including phenoxy) is 1. The largest absolute Gasteiger partial charge is 0.377 e. The van der Waals surface area contributed by atoms with Crippen LogP contribution in [-0.4, -0.2) is 12.4 Å². The molecule has 0 saturated heterocycles. The number of carbonyl (C=O) groups is 1. The summed E-state index contributed by atoms with van der Waals surface area (Å²) in [7, 11) is 0. The van der Waals surface area contributed by atoms with Crippen LogP contribution in [0.1, 0.15) is 28.8 Å². The van der Waals surface area contributed by atoms with E-state index in [1.165, 1.54) is 0 Å². The lowest BCUT2D eigenvalue weighted by Crippen LogP contribution is -2.02. The van der Waals surface area contributed by atoms with Crippen molar-refractivity contribution in [3.8, 4) is 0 Å². The van der Waals surface area contributed by atoms with Gasteiger partial charge in [0.15, 0.2) is 5.78 Å². The van der Waals surface area contributed by atoms with E-state index in [2.05, 4.69) is 31.9 Å². The molecule has 0 unspecified atom stereocenters. The van der Waals surface area contributed by atoms with Crippen molar-refractivity contribution in [1.82, 2.24) is 0 Å². The molecule has 2 aromatic rings. The fourth-order valence-corrected chi connectivity index (χ4v) is 2.64. The number of carbonyl (C=O) groups excluding carboxylic acids is 1. The van der Waals surface area contributed by atoms with Crippen molar-refractivity contribution in [2.75, 3.05) is 6.61 Å². The van der Waals surface area contributed by atoms with Gasteiger partial charge in [-0.25, -0.2) is 0 Å². The third-order valence-corrected chi connectivity index (χ3v) is 4.04. The lowest BCUT2D eigenvalue weighted by atomic mass is 10.1. The van der Waals surface area contributed by atoms with Crippen LogP contribution in [0, 0.1) is 0 Å². The van der Waals surface area contributed by atoms with Crippen LogP contribution in [0.2, 0.25) is 0 Å². The molecule has 4 heteroatoms. The smallest absolute Gasteiger partial charge is 0.162 e. The number of halogens is 2. The Bertz CT molecular complexity index is 594. The second-order valence-corrected chi connectivity index (χ2v) is 6.55. The van der Waals surface area contributed by atoms with Gasteiger partial charge in [-0.2, -0.15) is 0 Å². The summed E-state index contributed by atoms with van der Waals surface area (Å²) in [6, 6.07) is 15.5. The van der Waals surface area contributed by atoms with Gasteiger partial charge in [-0.1, -0.05) is 56.1 Å². The third-order valence-electron chi connectivity index (χ3n) is 3.02. The molecule has 21 heavy (non-hydrogen) atoms. The highest BCUT2D eigenvalue weighted by Crippen LogP contribution is 2.14. The van der Waals surface area contributed by atoms with Crippen LogP contribution in [0.25, 0.3) is 0 Å². The lowest BCUT2D eigenvalue weighted by Gasteiger charge is -2.05. The van der Waals surface area contributed by atoms with Crippen LogP contribution in [0.5, 0.6) is 0 Å². The van der Waals surface area contributed by atoms with Gasteiger partial charge in [0.25, 0.3) is 0 Å². The molecule has 0 aromatic heterocycles. The van der Waals surface area contributed by atoms with E-state index < -0.39 is 0 Å². The molecule has 2 aromatic carbocycles. The number of rotatable bonds is 7. The Morgan fingerprint density at radius 1 is 1.00 bits per heavy atom. The first-order valence-electron chi connectivity index (χ1n) is 6.76. The van der Waals surface area contributed by atoms with E-state index in [9.17, 15) is 4.79 Å². The van der Waals surface area contributed by atoms with E-state index in [0.29, 0.717) is 19.6 Å². The highest BCUT2D eigenvalue weighted by molar-refractivity contribution is 9.10. The first kappa shape index (κ1) is 16.4. The predicted molar refractivity (Wildman–Crippen MR) is 91.5 cm³/mol. The first-order valence-corrected chi connectivity index (χ1v) is 8.35. The molecule has 0 bridgehead atoms. The van der Waals surface area contributed by atoms with E-state index in [0.717, 1.165) is 26.5 Å². The molecule has 0 spiro atoms. The van der Waals surface area contributed by atoms with E-state index in [1.54, 1.807) is 0 Å². The Balaban J connectivity index is 1.68. The van der Waals surface area contributed by atoms with Crippen LogP contribution in [0.3, 0.4) is 0 Å². The van der Waals surface area contributed by atoms with Gasteiger partial charge in [-0.05, 0) is 36.2 Å². The van der Waals surface area contributed by atoms with Crippen molar-refractivity contribution in [2.45, 2.75) is 19.4 Å². The van der Waals surface area contributed by atoms with Gasteiger partial charge in [-0.3, -0.25) is 4.79 Å². The van der Waals surface area contributed by atoms with E-state index in [-0.39, 0.29) is 5.78 Å². The van der Waals surface area contributed by atoms with Crippen molar-refractivity contribution in [3.05, 3.63) is 68.6 Å². The zero-order valence-electron chi connectivity index (χ0n) is 11.5. The summed E-state index contributed by atoms with van der Waals surface area (Å²) in [6.45, 7) is 1.17. The topological polar surface area (TPSA) is 26.3 Å². The van der Waals surface area contributed by atoms with Gasteiger partial charge < -0.3 is 4.74 Å². The average Bonchev–Trinajstić information content (AvgIpc) is 2.47. The minimum Gasteiger partial charge on any atom is -0.377 e. The lowest BCUT2D eigenvalue weighted by molar-refractivity contribution is 0.0919. The van der Waals surface area contributed by atoms with Crippen molar-refractivity contribution < 1.29 is 9.53 Å². The Labute approximate surface area is 141 Å². The molecular formula is C17H16Br2O2. The number of hydrogen-bond donors (Lipinski definition) is 0. The standard InChI is InChI=1S/C17H16Br2O2/c18-15-8-6-14(7-9-15)17(20)5-2-10-21-12-13-3-1-4-16(19)11-13/h1,3-4,6-9,11H,2,5,10,12H2. The van der Waals surface area contributed by atoms with Gasteiger partial charge in [-0.15, -0.1) is 0 Å². The van der Waals surface area contributed by atoms with Gasteiger partial charge in [0.05, 0.1) is 6.61 Å². The first-order chi connectivity index (χ1) is 10.1. The van der Waals surface area contributed by atoms with E-state index in [1.807, 2.05) is 48.5 Å². The summed E-state index contributed by atoms with van der Waals surface area (Å²) < 4.78 is 7.63. The Hall–Kier alpha value is -0.970. The van der Waals surface area contributed by atoms with Crippen molar-refractivity contribution in [3.63, 3.8) is 0 Å². The van der Waals surface area contributed by atoms with E-state index in [4.69, 9.17) is 4.74 Å². The van der Waals surface area contributed by atoms with E-state index >= 15 is 0 Å². The minimum absolute atomic E-state index is 0.161. The number of ketones is 1. The minimum atomic E-state index is 0.161. The van der Waals surface area contributed by atoms with Crippen molar-refractivity contribution in [1.29, 1.82) is 0 Å². The zero-order valence-corrected chi connectivity index (χ0v) is 14.7. The summed E-state index contributed by atoms with van der Waals surface area (Å²) in [5, 5.41) is 0. The van der Waals surface area contributed by atoms with Gasteiger partial charge in [0.1, 0.15) is 0 Å². The maximum Gasteiger partial charge on any atom is 0.162 e. The highest BCUT2D eigenvalue weighted by Gasteiger charge is 2.05. The number of Topliss-reactive ketones (excluding diaryl/α,β-unsaturated/α-hetero) is 1. The third kappa shape index (κ3) is 5.73. The van der Waals surface area contributed by atoms with Crippen molar-refractivity contribution >= 4 is 37.6 Å². The summed E-state index contributed by atoms with van der Waals surface area (Å²) in [5.74, 6) is 0.161. The summed E-state index contributed by atoms with van der Waals surface area (Å²) in [4.78, 5) is 12.0. The number of benzene rings is 2. The molecule has 0 amide bonds. The molecular weight excluding hydrogens is 396 g/mol. The fourth-order valence-electron chi connectivity index (χ4n) is 1.93. The van der Waals surface area contributed by atoms with Gasteiger partial charge >= 0.3 is 0 Å². The molecule has 0 radical (unpaired) electrons. The van der Waals surface area contributed by atoms with Crippen LogP contribution in [0.4, 0.5) is 0 Å². The molecule has 0 saturated carbocycles. The Kier molecular flexibility index (Phi) is 6.61. The summed E-state index contributed by atoms with van der Waals surface area (Å²) in [6.07, 6.45) is 1.25. The zero-order chi connectivity index (χ0) is 15.1. The average molecular weight is 412 g/mol. The fraction of sp³-hybridized carbons (Fsp3) is 0.235. The molecule has 2 nitrogen and oxygen atoms in total.